The van der Waals surface area contributed by atoms with Crippen LogP contribution >= 0.6 is 0 Å². The van der Waals surface area contributed by atoms with Crippen molar-refractivity contribution in [2.45, 2.75) is 44.2 Å². The molecule has 1 fully saturated rings. The van der Waals surface area contributed by atoms with Crippen molar-refractivity contribution in [1.29, 1.82) is 0 Å². The molecule has 0 unspecified atom stereocenters. The highest BCUT2D eigenvalue weighted by molar-refractivity contribution is 5.18. The van der Waals surface area contributed by atoms with E-state index in [0.29, 0.717) is 12.6 Å². The summed E-state index contributed by atoms with van der Waals surface area (Å²) in [4.78, 5) is 0. The molecule has 0 bridgehead atoms. The minimum absolute atomic E-state index is 0.311. The van der Waals surface area contributed by atoms with Gasteiger partial charge in [-0.1, -0.05) is 43.2 Å². The fraction of sp³-hybridized carbons (Fsp3) is 0.571. The lowest BCUT2D eigenvalue weighted by molar-refractivity contribution is 0.0453. The normalized spacial score (nSPS) is 20.9. The highest BCUT2D eigenvalue weighted by atomic mass is 16.3. The maximum Gasteiger partial charge on any atom is 0.0771 e. The summed E-state index contributed by atoms with van der Waals surface area (Å²) in [5, 5.41) is 13.7. The van der Waals surface area contributed by atoms with E-state index in [9.17, 15) is 5.11 Å². The van der Waals surface area contributed by atoms with Crippen LogP contribution in [0.2, 0.25) is 0 Å². The van der Waals surface area contributed by atoms with Gasteiger partial charge in [0.05, 0.1) is 5.60 Å². The SMILES string of the molecule is C[C@@H](NCC1(O)CCCC1)c1ccccc1. The predicted molar refractivity (Wildman–Crippen MR) is 66.3 cm³/mol. The summed E-state index contributed by atoms with van der Waals surface area (Å²) in [5.74, 6) is 0. The number of benzene rings is 1. The van der Waals surface area contributed by atoms with Gasteiger partial charge in [-0.05, 0) is 25.3 Å². The van der Waals surface area contributed by atoms with E-state index in [0.717, 1.165) is 25.7 Å². The Morgan fingerprint density at radius 1 is 1.25 bits per heavy atom. The second-order valence-electron chi connectivity index (χ2n) is 4.94. The summed E-state index contributed by atoms with van der Waals surface area (Å²) in [5.41, 5.74) is 0.826. The van der Waals surface area contributed by atoms with Crippen LogP contribution in [0.25, 0.3) is 0 Å². The summed E-state index contributed by atoms with van der Waals surface area (Å²) in [6.45, 7) is 2.86. The average Bonchev–Trinajstić information content (AvgIpc) is 2.75. The number of hydrogen-bond donors (Lipinski definition) is 2. The lowest BCUT2D eigenvalue weighted by Gasteiger charge is -2.25. The van der Waals surface area contributed by atoms with Gasteiger partial charge in [0, 0.05) is 12.6 Å². The molecule has 0 saturated heterocycles. The molecule has 0 heterocycles. The number of rotatable bonds is 4. The van der Waals surface area contributed by atoms with Gasteiger partial charge in [0.2, 0.25) is 0 Å². The van der Waals surface area contributed by atoms with Crippen LogP contribution in [0, 0.1) is 0 Å². The Labute approximate surface area is 97.7 Å². The van der Waals surface area contributed by atoms with Crippen LogP contribution in [0.5, 0.6) is 0 Å². The first-order chi connectivity index (χ1) is 7.70. The molecule has 0 radical (unpaired) electrons. The minimum Gasteiger partial charge on any atom is -0.389 e. The van der Waals surface area contributed by atoms with Crippen LogP contribution in [0.15, 0.2) is 30.3 Å². The third kappa shape index (κ3) is 2.83. The molecule has 0 spiro atoms. The van der Waals surface area contributed by atoms with Crippen molar-refractivity contribution in [1.82, 2.24) is 5.32 Å². The van der Waals surface area contributed by atoms with Gasteiger partial charge in [-0.3, -0.25) is 0 Å². The Balaban J connectivity index is 1.86. The molecule has 88 valence electrons. The van der Waals surface area contributed by atoms with Crippen molar-refractivity contribution in [2.24, 2.45) is 0 Å². The molecule has 2 heteroatoms. The van der Waals surface area contributed by atoms with Crippen LogP contribution in [0.3, 0.4) is 0 Å². The molecular formula is C14H21NO. The van der Waals surface area contributed by atoms with Crippen LogP contribution in [-0.2, 0) is 0 Å². The van der Waals surface area contributed by atoms with Crippen molar-refractivity contribution in [3.63, 3.8) is 0 Å². The van der Waals surface area contributed by atoms with Gasteiger partial charge < -0.3 is 10.4 Å². The summed E-state index contributed by atoms with van der Waals surface area (Å²) in [7, 11) is 0. The maximum absolute atomic E-state index is 10.2. The number of aliphatic hydroxyl groups is 1. The van der Waals surface area contributed by atoms with E-state index in [4.69, 9.17) is 0 Å². The van der Waals surface area contributed by atoms with Gasteiger partial charge >= 0.3 is 0 Å². The lowest BCUT2D eigenvalue weighted by atomic mass is 10.0. The predicted octanol–water partition coefficient (Wildman–Crippen LogP) is 2.64. The number of nitrogens with one attached hydrogen (secondary N) is 1. The van der Waals surface area contributed by atoms with E-state index in [1.54, 1.807) is 0 Å². The molecule has 2 nitrogen and oxygen atoms in total. The van der Waals surface area contributed by atoms with Gasteiger partial charge in [-0.25, -0.2) is 0 Å². The molecule has 1 aliphatic rings. The first kappa shape index (κ1) is 11.6. The maximum atomic E-state index is 10.2. The van der Waals surface area contributed by atoms with E-state index in [2.05, 4.69) is 36.5 Å². The largest absolute Gasteiger partial charge is 0.389 e. The minimum atomic E-state index is -0.455. The van der Waals surface area contributed by atoms with Gasteiger partial charge in [0.25, 0.3) is 0 Å². The monoisotopic (exact) mass is 219 g/mol. The highest BCUT2D eigenvalue weighted by Crippen LogP contribution is 2.29. The second-order valence-corrected chi connectivity index (χ2v) is 4.94. The molecule has 0 aromatic heterocycles. The zero-order chi connectivity index (χ0) is 11.4. The molecule has 16 heavy (non-hydrogen) atoms. The van der Waals surface area contributed by atoms with Crippen molar-refractivity contribution < 1.29 is 5.11 Å². The van der Waals surface area contributed by atoms with E-state index in [-0.39, 0.29) is 0 Å². The number of hydrogen-bond acceptors (Lipinski definition) is 2. The van der Waals surface area contributed by atoms with Crippen molar-refractivity contribution in [3.8, 4) is 0 Å². The van der Waals surface area contributed by atoms with Crippen LogP contribution < -0.4 is 5.32 Å². The fourth-order valence-electron chi connectivity index (χ4n) is 2.41. The molecule has 1 atom stereocenters. The van der Waals surface area contributed by atoms with Crippen molar-refractivity contribution in [2.75, 3.05) is 6.54 Å². The van der Waals surface area contributed by atoms with Gasteiger partial charge in [0.15, 0.2) is 0 Å². The first-order valence-electron chi connectivity index (χ1n) is 6.20. The fourth-order valence-corrected chi connectivity index (χ4v) is 2.41. The molecule has 0 aliphatic heterocycles. The van der Waals surface area contributed by atoms with Crippen LogP contribution in [0.4, 0.5) is 0 Å². The van der Waals surface area contributed by atoms with Gasteiger partial charge in [-0.15, -0.1) is 0 Å². The average molecular weight is 219 g/mol. The van der Waals surface area contributed by atoms with Crippen LogP contribution in [-0.4, -0.2) is 17.3 Å². The Morgan fingerprint density at radius 3 is 2.50 bits per heavy atom. The molecule has 0 amide bonds. The molecule has 1 saturated carbocycles. The summed E-state index contributed by atoms with van der Waals surface area (Å²) < 4.78 is 0. The summed E-state index contributed by atoms with van der Waals surface area (Å²) >= 11 is 0. The van der Waals surface area contributed by atoms with Crippen LogP contribution in [0.1, 0.15) is 44.2 Å². The zero-order valence-corrected chi connectivity index (χ0v) is 9.95. The molecule has 2 N–H and O–H groups in total. The first-order valence-corrected chi connectivity index (χ1v) is 6.20. The molecule has 1 aromatic carbocycles. The van der Waals surface area contributed by atoms with Crippen molar-refractivity contribution >= 4 is 0 Å². The van der Waals surface area contributed by atoms with Gasteiger partial charge in [-0.2, -0.15) is 0 Å². The van der Waals surface area contributed by atoms with Gasteiger partial charge in [0.1, 0.15) is 0 Å². The second kappa shape index (κ2) is 4.98. The smallest absolute Gasteiger partial charge is 0.0771 e. The molecule has 1 aliphatic carbocycles. The topological polar surface area (TPSA) is 32.3 Å². The third-order valence-corrected chi connectivity index (χ3v) is 3.57. The van der Waals surface area contributed by atoms with E-state index in [1.807, 2.05) is 6.07 Å². The Bertz CT molecular complexity index is 317. The van der Waals surface area contributed by atoms with E-state index >= 15 is 0 Å². The Hall–Kier alpha value is -0.860. The molecule has 1 aromatic rings. The zero-order valence-electron chi connectivity index (χ0n) is 9.95. The van der Waals surface area contributed by atoms with Crippen molar-refractivity contribution in [3.05, 3.63) is 35.9 Å². The third-order valence-electron chi connectivity index (χ3n) is 3.57. The standard InChI is InChI=1S/C14H21NO/c1-12(13-7-3-2-4-8-13)15-11-14(16)9-5-6-10-14/h2-4,7-8,12,15-16H,5-6,9-11H2,1H3/t12-/m1/s1. The van der Waals surface area contributed by atoms with E-state index < -0.39 is 5.60 Å². The Kier molecular flexibility index (Phi) is 3.62. The highest BCUT2D eigenvalue weighted by Gasteiger charge is 2.30. The molecule has 2 rings (SSSR count). The Morgan fingerprint density at radius 2 is 1.88 bits per heavy atom. The molecular weight excluding hydrogens is 198 g/mol. The lowest BCUT2D eigenvalue weighted by Crippen LogP contribution is -2.39. The summed E-state index contributed by atoms with van der Waals surface area (Å²) in [6.07, 6.45) is 4.22. The quantitative estimate of drug-likeness (QED) is 0.816. The van der Waals surface area contributed by atoms with E-state index in [1.165, 1.54) is 5.56 Å². The summed E-state index contributed by atoms with van der Waals surface area (Å²) in [6, 6.07) is 10.7.